The van der Waals surface area contributed by atoms with Gasteiger partial charge in [0.25, 0.3) is 0 Å². The Labute approximate surface area is 68.3 Å². The molecule has 2 rings (SSSR count). The molecule has 2 aromatic rings. The molecule has 1 aromatic heterocycles. The quantitative estimate of drug-likeness (QED) is 0.563. The van der Waals surface area contributed by atoms with Gasteiger partial charge >= 0.3 is 0 Å². The van der Waals surface area contributed by atoms with E-state index >= 15 is 0 Å². The summed E-state index contributed by atoms with van der Waals surface area (Å²) in [6.07, 6.45) is 0. The smallest absolute Gasteiger partial charge is 0.177 e. The van der Waals surface area contributed by atoms with Crippen LogP contribution in [0.25, 0.3) is 10.1 Å². The Bertz CT molecular complexity index is 389. The van der Waals surface area contributed by atoms with Crippen LogP contribution in [0, 0.1) is 12.1 Å². The lowest BCUT2D eigenvalue weighted by atomic mass is 10.2. The Morgan fingerprint density at radius 3 is 2.91 bits per heavy atom. The molecule has 0 N–H and O–H groups in total. The second-order valence-corrected chi connectivity index (χ2v) is 3.63. The van der Waals surface area contributed by atoms with Gasteiger partial charge in [-0.25, -0.2) is 0 Å². The number of thiophene rings is 1. The number of rotatable bonds is 0. The molecule has 1 heterocycles. The van der Waals surface area contributed by atoms with E-state index in [9.17, 15) is 4.39 Å². The van der Waals surface area contributed by atoms with E-state index in [2.05, 4.69) is 0 Å². The van der Waals surface area contributed by atoms with Gasteiger partial charge in [-0.2, -0.15) is 4.39 Å². The van der Waals surface area contributed by atoms with Crippen LogP contribution in [0.5, 0.6) is 0 Å². The standard InChI is InChI=1S/C9H7FS/c1-6-2-3-7-5-9(10)11-8(7)4-6/h2-5H,1H3. The molecular weight excluding hydrogens is 159 g/mol. The summed E-state index contributed by atoms with van der Waals surface area (Å²) in [6, 6.07) is 7.52. The molecule has 2 heteroatoms. The zero-order valence-corrected chi connectivity index (χ0v) is 6.91. The minimum absolute atomic E-state index is 0.106. The van der Waals surface area contributed by atoms with E-state index in [0.29, 0.717) is 0 Å². The fourth-order valence-corrected chi connectivity index (χ4v) is 1.99. The second kappa shape index (κ2) is 2.31. The molecule has 0 aliphatic heterocycles. The molecule has 0 aliphatic carbocycles. The molecule has 0 aliphatic rings. The summed E-state index contributed by atoms with van der Waals surface area (Å²) in [6.45, 7) is 2.01. The molecule has 0 unspecified atom stereocenters. The Hall–Kier alpha value is -0.890. The normalized spacial score (nSPS) is 10.7. The van der Waals surface area contributed by atoms with Gasteiger partial charge in [0.1, 0.15) is 0 Å². The van der Waals surface area contributed by atoms with Crippen LogP contribution in [0.4, 0.5) is 4.39 Å². The van der Waals surface area contributed by atoms with Crippen LogP contribution in [0.2, 0.25) is 0 Å². The summed E-state index contributed by atoms with van der Waals surface area (Å²) in [5.74, 6) is 0. The highest BCUT2D eigenvalue weighted by molar-refractivity contribution is 7.17. The van der Waals surface area contributed by atoms with Crippen molar-refractivity contribution in [2.45, 2.75) is 6.92 Å². The van der Waals surface area contributed by atoms with E-state index < -0.39 is 0 Å². The lowest BCUT2D eigenvalue weighted by Gasteiger charge is -1.89. The molecule has 0 saturated heterocycles. The lowest BCUT2D eigenvalue weighted by Crippen LogP contribution is -1.66. The van der Waals surface area contributed by atoms with Crippen molar-refractivity contribution in [2.75, 3.05) is 0 Å². The van der Waals surface area contributed by atoms with Crippen molar-refractivity contribution in [1.29, 1.82) is 0 Å². The monoisotopic (exact) mass is 166 g/mol. The van der Waals surface area contributed by atoms with E-state index in [0.717, 1.165) is 10.1 Å². The molecule has 0 nitrogen and oxygen atoms in total. The van der Waals surface area contributed by atoms with Gasteiger partial charge in [-0.1, -0.05) is 12.1 Å². The molecule has 0 radical (unpaired) electrons. The van der Waals surface area contributed by atoms with E-state index in [4.69, 9.17) is 0 Å². The number of hydrogen-bond donors (Lipinski definition) is 0. The maximum atomic E-state index is 12.7. The molecule has 1 aromatic carbocycles. The summed E-state index contributed by atoms with van der Waals surface area (Å²) in [7, 11) is 0. The molecule has 56 valence electrons. The van der Waals surface area contributed by atoms with Crippen molar-refractivity contribution in [3.8, 4) is 0 Å². The highest BCUT2D eigenvalue weighted by atomic mass is 32.1. The topological polar surface area (TPSA) is 0 Å². The minimum atomic E-state index is -0.106. The Morgan fingerprint density at radius 2 is 2.09 bits per heavy atom. The van der Waals surface area contributed by atoms with Crippen LogP contribution in [-0.2, 0) is 0 Å². The van der Waals surface area contributed by atoms with Crippen LogP contribution in [0.15, 0.2) is 24.3 Å². The van der Waals surface area contributed by atoms with E-state index in [1.54, 1.807) is 6.07 Å². The first-order valence-electron chi connectivity index (χ1n) is 3.41. The van der Waals surface area contributed by atoms with Gasteiger partial charge in [0.2, 0.25) is 0 Å². The first kappa shape index (κ1) is 6.80. The predicted octanol–water partition coefficient (Wildman–Crippen LogP) is 3.35. The van der Waals surface area contributed by atoms with Gasteiger partial charge < -0.3 is 0 Å². The molecule has 0 saturated carbocycles. The molecule has 0 fully saturated rings. The van der Waals surface area contributed by atoms with Crippen molar-refractivity contribution in [2.24, 2.45) is 0 Å². The van der Waals surface area contributed by atoms with Crippen molar-refractivity contribution in [1.82, 2.24) is 0 Å². The molecular formula is C9H7FS. The van der Waals surface area contributed by atoms with Crippen molar-refractivity contribution >= 4 is 21.4 Å². The number of aryl methyl sites for hydroxylation is 1. The van der Waals surface area contributed by atoms with Crippen LogP contribution in [0.3, 0.4) is 0 Å². The summed E-state index contributed by atoms with van der Waals surface area (Å²) in [4.78, 5) is 0. The maximum Gasteiger partial charge on any atom is 0.177 e. The third-order valence-electron chi connectivity index (χ3n) is 1.65. The highest BCUT2D eigenvalue weighted by Crippen LogP contribution is 2.24. The van der Waals surface area contributed by atoms with Crippen molar-refractivity contribution < 1.29 is 4.39 Å². The van der Waals surface area contributed by atoms with Gasteiger partial charge in [0.05, 0.1) is 0 Å². The van der Waals surface area contributed by atoms with Crippen LogP contribution < -0.4 is 0 Å². The summed E-state index contributed by atoms with van der Waals surface area (Å²) in [5, 5.41) is 0.892. The minimum Gasteiger partial charge on any atom is -0.195 e. The summed E-state index contributed by atoms with van der Waals surface area (Å²) >= 11 is 1.20. The van der Waals surface area contributed by atoms with Gasteiger partial charge in [-0.3, -0.25) is 0 Å². The predicted molar refractivity (Wildman–Crippen MR) is 46.5 cm³/mol. The van der Waals surface area contributed by atoms with E-state index in [1.165, 1.54) is 16.9 Å². The van der Waals surface area contributed by atoms with Gasteiger partial charge in [0, 0.05) is 4.70 Å². The molecule has 0 atom stereocenters. The second-order valence-electron chi connectivity index (χ2n) is 2.59. The van der Waals surface area contributed by atoms with Crippen LogP contribution in [0.1, 0.15) is 5.56 Å². The van der Waals surface area contributed by atoms with E-state index in [-0.39, 0.29) is 5.13 Å². The molecule has 0 bridgehead atoms. The van der Waals surface area contributed by atoms with Gasteiger partial charge in [-0.15, -0.1) is 11.3 Å². The molecule has 0 spiro atoms. The van der Waals surface area contributed by atoms with Gasteiger partial charge in [-0.05, 0) is 30.0 Å². The Kier molecular flexibility index (Phi) is 1.43. The zero-order valence-electron chi connectivity index (χ0n) is 6.10. The number of benzene rings is 1. The average molecular weight is 166 g/mol. The molecule has 11 heavy (non-hydrogen) atoms. The highest BCUT2D eigenvalue weighted by Gasteiger charge is 1.99. The Morgan fingerprint density at radius 1 is 1.27 bits per heavy atom. The maximum absolute atomic E-state index is 12.7. The summed E-state index contributed by atoms with van der Waals surface area (Å²) < 4.78 is 13.7. The van der Waals surface area contributed by atoms with E-state index in [1.807, 2.05) is 25.1 Å². The first-order valence-corrected chi connectivity index (χ1v) is 4.23. The largest absolute Gasteiger partial charge is 0.195 e. The van der Waals surface area contributed by atoms with Crippen molar-refractivity contribution in [3.05, 3.63) is 35.0 Å². The average Bonchev–Trinajstić information content (AvgIpc) is 2.27. The first-order chi connectivity index (χ1) is 5.25. The SMILES string of the molecule is Cc1ccc2cc(F)sc2c1. The summed E-state index contributed by atoms with van der Waals surface area (Å²) in [5.41, 5.74) is 1.18. The fraction of sp³-hybridized carbons (Fsp3) is 0.111. The third-order valence-corrected chi connectivity index (χ3v) is 2.53. The van der Waals surface area contributed by atoms with Crippen LogP contribution in [-0.4, -0.2) is 0 Å². The third kappa shape index (κ3) is 1.14. The Balaban J connectivity index is 2.82. The molecule has 0 amide bonds. The fourth-order valence-electron chi connectivity index (χ4n) is 1.11. The number of fused-ring (bicyclic) bond motifs is 1. The number of hydrogen-bond acceptors (Lipinski definition) is 1. The lowest BCUT2D eigenvalue weighted by molar-refractivity contribution is 0.658. The zero-order chi connectivity index (χ0) is 7.84. The van der Waals surface area contributed by atoms with Crippen LogP contribution >= 0.6 is 11.3 Å². The number of halogens is 1. The van der Waals surface area contributed by atoms with Crippen molar-refractivity contribution in [3.63, 3.8) is 0 Å². The van der Waals surface area contributed by atoms with Gasteiger partial charge in [0.15, 0.2) is 5.13 Å².